The summed E-state index contributed by atoms with van der Waals surface area (Å²) in [5.74, 6) is 0. The van der Waals surface area contributed by atoms with Gasteiger partial charge in [0.05, 0.1) is 10.0 Å². The van der Waals surface area contributed by atoms with Gasteiger partial charge in [-0.05, 0) is 23.8 Å². The molecule has 0 aliphatic heterocycles. The second kappa shape index (κ2) is 4.72. The number of H-pyrrole nitrogens is 1. The highest BCUT2D eigenvalue weighted by Crippen LogP contribution is 2.29. The lowest BCUT2D eigenvalue weighted by Gasteiger charge is -2.03. The molecule has 2 rings (SSSR count). The van der Waals surface area contributed by atoms with Gasteiger partial charge in [-0.1, -0.05) is 53.1 Å². The van der Waals surface area contributed by atoms with E-state index in [1.807, 2.05) is 6.07 Å². The van der Waals surface area contributed by atoms with Crippen molar-refractivity contribution in [1.82, 2.24) is 10.2 Å². The summed E-state index contributed by atoms with van der Waals surface area (Å²) < 4.78 is 0.503. The summed E-state index contributed by atoms with van der Waals surface area (Å²) >= 11 is 22.7. The zero-order chi connectivity index (χ0) is 11.7. The maximum Gasteiger partial charge on any atom is 0.150 e. The molecule has 1 heterocycles. The van der Waals surface area contributed by atoms with Crippen molar-refractivity contribution in [2.24, 2.45) is 0 Å². The topological polar surface area (TPSA) is 28.7 Å². The van der Waals surface area contributed by atoms with Crippen molar-refractivity contribution >= 4 is 47.0 Å². The van der Waals surface area contributed by atoms with Crippen LogP contribution in [0.15, 0.2) is 24.3 Å². The van der Waals surface area contributed by atoms with Gasteiger partial charge in [-0.15, -0.1) is 0 Å². The molecule has 0 saturated carbocycles. The van der Waals surface area contributed by atoms with Gasteiger partial charge in [-0.3, -0.25) is 5.10 Å². The number of rotatable bonds is 1. The molecular formula is C10H5Cl3N2S. The van der Waals surface area contributed by atoms with Crippen LogP contribution in [0.2, 0.25) is 15.2 Å². The van der Waals surface area contributed by atoms with Gasteiger partial charge in [0, 0.05) is 5.56 Å². The fourth-order valence-electron chi connectivity index (χ4n) is 1.26. The van der Waals surface area contributed by atoms with Crippen LogP contribution in [-0.4, -0.2) is 10.2 Å². The third kappa shape index (κ3) is 2.38. The monoisotopic (exact) mass is 290 g/mol. The van der Waals surface area contributed by atoms with E-state index in [0.717, 1.165) is 11.1 Å². The lowest BCUT2D eigenvalue weighted by atomic mass is 10.1. The number of nitrogens with one attached hydrogen (secondary N) is 1. The summed E-state index contributed by atoms with van der Waals surface area (Å²) in [5, 5.41) is 7.76. The third-order valence-corrected chi connectivity index (χ3v) is 3.25. The van der Waals surface area contributed by atoms with Gasteiger partial charge < -0.3 is 0 Å². The van der Waals surface area contributed by atoms with Crippen molar-refractivity contribution < 1.29 is 0 Å². The first-order valence-electron chi connectivity index (χ1n) is 4.28. The summed E-state index contributed by atoms with van der Waals surface area (Å²) in [4.78, 5) is 0. The first-order chi connectivity index (χ1) is 7.58. The molecule has 1 aromatic carbocycles. The minimum atomic E-state index is 0.342. The Hall–Kier alpha value is -0.610. The average Bonchev–Trinajstić information content (AvgIpc) is 2.26. The molecule has 0 spiro atoms. The lowest BCUT2D eigenvalue weighted by Crippen LogP contribution is -1.87. The Bertz CT molecular complexity index is 595. The van der Waals surface area contributed by atoms with E-state index >= 15 is 0 Å². The van der Waals surface area contributed by atoms with Crippen molar-refractivity contribution in [3.8, 4) is 11.1 Å². The highest BCUT2D eigenvalue weighted by molar-refractivity contribution is 7.71. The molecule has 1 aromatic heterocycles. The summed E-state index contributed by atoms with van der Waals surface area (Å²) in [6.07, 6.45) is 0. The van der Waals surface area contributed by atoms with Crippen LogP contribution in [-0.2, 0) is 0 Å². The number of nitrogens with zero attached hydrogens (tertiary/aromatic N) is 1. The molecule has 0 radical (unpaired) electrons. The number of hydrogen-bond acceptors (Lipinski definition) is 2. The van der Waals surface area contributed by atoms with E-state index in [9.17, 15) is 0 Å². The van der Waals surface area contributed by atoms with Gasteiger partial charge in [0.15, 0.2) is 0 Å². The van der Waals surface area contributed by atoms with Crippen LogP contribution in [0.1, 0.15) is 0 Å². The van der Waals surface area contributed by atoms with Crippen molar-refractivity contribution in [3.05, 3.63) is 44.1 Å². The number of aromatic amines is 1. The maximum absolute atomic E-state index is 5.93. The SMILES string of the molecule is S=c1[nH]nc(Cl)cc1-c1ccc(Cl)c(Cl)c1. The number of halogens is 3. The van der Waals surface area contributed by atoms with E-state index < -0.39 is 0 Å². The summed E-state index contributed by atoms with van der Waals surface area (Å²) in [5.41, 5.74) is 1.62. The van der Waals surface area contributed by atoms with Crippen LogP contribution in [0.3, 0.4) is 0 Å². The predicted octanol–water partition coefficient (Wildman–Crippen LogP) is 4.77. The van der Waals surface area contributed by atoms with Gasteiger partial charge in [0.1, 0.15) is 9.79 Å². The molecule has 0 aliphatic rings. The zero-order valence-electron chi connectivity index (χ0n) is 7.80. The lowest BCUT2D eigenvalue weighted by molar-refractivity contribution is 1.02. The van der Waals surface area contributed by atoms with Gasteiger partial charge in [-0.2, -0.15) is 5.10 Å². The Morgan fingerprint density at radius 3 is 2.50 bits per heavy atom. The summed E-state index contributed by atoms with van der Waals surface area (Å²) in [6.45, 7) is 0. The molecule has 6 heteroatoms. The van der Waals surface area contributed by atoms with Gasteiger partial charge in [0.25, 0.3) is 0 Å². The zero-order valence-corrected chi connectivity index (χ0v) is 10.9. The molecule has 0 unspecified atom stereocenters. The van der Waals surface area contributed by atoms with E-state index in [1.54, 1.807) is 18.2 Å². The number of hydrogen-bond donors (Lipinski definition) is 1. The largest absolute Gasteiger partial charge is 0.266 e. The van der Waals surface area contributed by atoms with E-state index in [-0.39, 0.29) is 0 Å². The Morgan fingerprint density at radius 1 is 1.06 bits per heavy atom. The molecule has 2 nitrogen and oxygen atoms in total. The van der Waals surface area contributed by atoms with E-state index in [0.29, 0.717) is 19.8 Å². The highest BCUT2D eigenvalue weighted by atomic mass is 35.5. The van der Waals surface area contributed by atoms with Gasteiger partial charge in [-0.25, -0.2) is 0 Å². The smallest absolute Gasteiger partial charge is 0.150 e. The Labute approximate surface area is 112 Å². The quantitative estimate of drug-likeness (QED) is 0.767. The van der Waals surface area contributed by atoms with Crippen molar-refractivity contribution in [1.29, 1.82) is 0 Å². The predicted molar refractivity (Wildman–Crippen MR) is 69.9 cm³/mol. The molecule has 0 bridgehead atoms. The second-order valence-electron chi connectivity index (χ2n) is 3.06. The second-order valence-corrected chi connectivity index (χ2v) is 4.67. The molecule has 0 saturated heterocycles. The van der Waals surface area contributed by atoms with Crippen LogP contribution in [0, 0.1) is 4.64 Å². The number of benzene rings is 1. The fraction of sp³-hybridized carbons (Fsp3) is 0. The standard InChI is InChI=1S/C10H5Cl3N2S/c11-7-2-1-5(3-8(7)12)6-4-9(13)14-15-10(6)16/h1-4H,(H,15,16). The molecule has 2 aromatic rings. The first kappa shape index (κ1) is 11.9. The summed E-state index contributed by atoms with van der Waals surface area (Å²) in [6, 6.07) is 6.95. The van der Waals surface area contributed by atoms with Crippen LogP contribution in [0.4, 0.5) is 0 Å². The minimum Gasteiger partial charge on any atom is -0.266 e. The molecule has 0 atom stereocenters. The third-order valence-electron chi connectivity index (χ3n) is 2.00. The van der Waals surface area contributed by atoms with Crippen LogP contribution >= 0.6 is 47.0 Å². The highest BCUT2D eigenvalue weighted by Gasteiger charge is 2.05. The van der Waals surface area contributed by atoms with Gasteiger partial charge >= 0.3 is 0 Å². The molecule has 0 aliphatic carbocycles. The van der Waals surface area contributed by atoms with Crippen molar-refractivity contribution in [2.75, 3.05) is 0 Å². The Balaban J connectivity index is 2.63. The molecular weight excluding hydrogens is 287 g/mol. The molecule has 82 valence electrons. The molecule has 0 amide bonds. The van der Waals surface area contributed by atoms with Crippen LogP contribution in [0.5, 0.6) is 0 Å². The van der Waals surface area contributed by atoms with Crippen molar-refractivity contribution in [3.63, 3.8) is 0 Å². The Kier molecular flexibility index (Phi) is 3.50. The average molecular weight is 292 g/mol. The Morgan fingerprint density at radius 2 is 1.81 bits per heavy atom. The van der Waals surface area contributed by atoms with Crippen LogP contribution < -0.4 is 0 Å². The molecule has 0 fully saturated rings. The first-order valence-corrected chi connectivity index (χ1v) is 5.83. The van der Waals surface area contributed by atoms with Gasteiger partial charge in [0.2, 0.25) is 0 Å². The fourth-order valence-corrected chi connectivity index (χ4v) is 1.93. The number of aromatic nitrogens is 2. The van der Waals surface area contributed by atoms with Crippen LogP contribution in [0.25, 0.3) is 11.1 Å². The normalized spacial score (nSPS) is 10.4. The molecule has 16 heavy (non-hydrogen) atoms. The van der Waals surface area contributed by atoms with E-state index in [4.69, 9.17) is 47.0 Å². The summed E-state index contributed by atoms with van der Waals surface area (Å²) in [7, 11) is 0. The maximum atomic E-state index is 5.93. The molecule has 1 N–H and O–H groups in total. The van der Waals surface area contributed by atoms with Crippen molar-refractivity contribution in [2.45, 2.75) is 0 Å². The minimum absolute atomic E-state index is 0.342. The van der Waals surface area contributed by atoms with E-state index in [1.165, 1.54) is 0 Å². The van der Waals surface area contributed by atoms with E-state index in [2.05, 4.69) is 10.2 Å².